The summed E-state index contributed by atoms with van der Waals surface area (Å²) >= 11 is 3.27. The van der Waals surface area contributed by atoms with E-state index in [0.717, 1.165) is 4.47 Å². The Bertz CT molecular complexity index is 432. The van der Waals surface area contributed by atoms with Crippen molar-refractivity contribution in [3.05, 3.63) is 28.2 Å². The van der Waals surface area contributed by atoms with Crippen LogP contribution in [0.3, 0.4) is 0 Å². The molecule has 4 N–H and O–H groups in total. The molecule has 0 aliphatic carbocycles. The van der Waals surface area contributed by atoms with Gasteiger partial charge in [0.15, 0.2) is 5.84 Å². The molecule has 5 nitrogen and oxygen atoms in total. The first-order valence-electron chi connectivity index (χ1n) is 4.65. The van der Waals surface area contributed by atoms with Crippen LogP contribution in [-0.4, -0.2) is 17.0 Å². The highest BCUT2D eigenvalue weighted by molar-refractivity contribution is 9.10. The van der Waals surface area contributed by atoms with E-state index < -0.39 is 0 Å². The van der Waals surface area contributed by atoms with Gasteiger partial charge in [0, 0.05) is 16.5 Å². The zero-order chi connectivity index (χ0) is 12.1. The fourth-order valence-electron chi connectivity index (χ4n) is 1.13. The summed E-state index contributed by atoms with van der Waals surface area (Å²) in [7, 11) is 0. The quantitative estimate of drug-likeness (QED) is 0.343. The van der Waals surface area contributed by atoms with Gasteiger partial charge in [-0.15, -0.1) is 0 Å². The van der Waals surface area contributed by atoms with Gasteiger partial charge in [-0.3, -0.25) is 4.79 Å². The van der Waals surface area contributed by atoms with Crippen molar-refractivity contribution >= 4 is 33.4 Å². The molecule has 0 unspecified atom stereocenters. The van der Waals surface area contributed by atoms with Crippen LogP contribution in [0.4, 0.5) is 5.69 Å². The van der Waals surface area contributed by atoms with E-state index in [9.17, 15) is 4.79 Å². The monoisotopic (exact) mass is 285 g/mol. The van der Waals surface area contributed by atoms with Gasteiger partial charge in [0.25, 0.3) is 0 Å². The number of carbonyl (C=O) groups is 1. The summed E-state index contributed by atoms with van der Waals surface area (Å²) in [6.07, 6.45) is 0.367. The Morgan fingerprint density at radius 2 is 2.31 bits per heavy atom. The highest BCUT2D eigenvalue weighted by atomic mass is 79.9. The van der Waals surface area contributed by atoms with E-state index in [1.807, 2.05) is 0 Å². The number of hydrogen-bond acceptors (Lipinski definition) is 3. The van der Waals surface area contributed by atoms with Crippen LogP contribution in [0.25, 0.3) is 0 Å². The number of halogens is 1. The lowest BCUT2D eigenvalue weighted by atomic mass is 10.1. The average Bonchev–Trinajstić information content (AvgIpc) is 2.30. The summed E-state index contributed by atoms with van der Waals surface area (Å²) in [6, 6.07) is 5.12. The number of anilines is 1. The Balaban J connectivity index is 3.12. The van der Waals surface area contributed by atoms with E-state index in [1.165, 1.54) is 0 Å². The SMILES string of the molecule is CCC(=O)Nc1ccc(Br)cc1/C(N)=N/O. The van der Waals surface area contributed by atoms with E-state index in [1.54, 1.807) is 25.1 Å². The second-order valence-electron chi connectivity index (χ2n) is 3.08. The number of nitrogens with one attached hydrogen (secondary N) is 1. The second-order valence-corrected chi connectivity index (χ2v) is 3.99. The highest BCUT2D eigenvalue weighted by Crippen LogP contribution is 2.21. The van der Waals surface area contributed by atoms with Crippen molar-refractivity contribution in [1.82, 2.24) is 0 Å². The van der Waals surface area contributed by atoms with Gasteiger partial charge in [0.2, 0.25) is 5.91 Å². The summed E-state index contributed by atoms with van der Waals surface area (Å²) in [5, 5.41) is 14.2. The summed E-state index contributed by atoms with van der Waals surface area (Å²) in [4.78, 5) is 11.3. The van der Waals surface area contributed by atoms with E-state index in [-0.39, 0.29) is 11.7 Å². The molecular formula is C10H12BrN3O2. The van der Waals surface area contributed by atoms with Crippen LogP contribution in [0.1, 0.15) is 18.9 Å². The number of amides is 1. The van der Waals surface area contributed by atoms with Gasteiger partial charge in [-0.25, -0.2) is 0 Å². The first-order valence-corrected chi connectivity index (χ1v) is 5.45. The highest BCUT2D eigenvalue weighted by Gasteiger charge is 2.09. The van der Waals surface area contributed by atoms with Crippen molar-refractivity contribution in [2.45, 2.75) is 13.3 Å². The van der Waals surface area contributed by atoms with Crippen molar-refractivity contribution in [3.8, 4) is 0 Å². The normalized spacial score (nSPS) is 11.2. The van der Waals surface area contributed by atoms with Crippen LogP contribution in [0.15, 0.2) is 27.8 Å². The van der Waals surface area contributed by atoms with Crippen molar-refractivity contribution in [1.29, 1.82) is 0 Å². The first kappa shape index (κ1) is 12.5. The van der Waals surface area contributed by atoms with E-state index in [4.69, 9.17) is 10.9 Å². The lowest BCUT2D eigenvalue weighted by molar-refractivity contribution is -0.115. The molecule has 0 atom stereocenters. The van der Waals surface area contributed by atoms with Gasteiger partial charge in [0.1, 0.15) is 0 Å². The smallest absolute Gasteiger partial charge is 0.224 e. The van der Waals surface area contributed by atoms with Crippen LogP contribution in [-0.2, 0) is 4.79 Å². The Labute approximate surface area is 101 Å². The summed E-state index contributed by atoms with van der Waals surface area (Å²) in [5.74, 6) is -0.179. The molecule has 16 heavy (non-hydrogen) atoms. The fraction of sp³-hybridized carbons (Fsp3) is 0.200. The Kier molecular flexibility index (Phi) is 4.30. The van der Waals surface area contributed by atoms with Gasteiger partial charge in [0.05, 0.1) is 5.69 Å². The average molecular weight is 286 g/mol. The molecule has 86 valence electrons. The number of benzene rings is 1. The largest absolute Gasteiger partial charge is 0.409 e. The van der Waals surface area contributed by atoms with Gasteiger partial charge in [-0.1, -0.05) is 28.0 Å². The number of rotatable bonds is 3. The molecule has 0 aliphatic heterocycles. The molecule has 0 fully saturated rings. The number of amidine groups is 1. The molecule has 0 bridgehead atoms. The van der Waals surface area contributed by atoms with Crippen molar-refractivity contribution in [2.75, 3.05) is 5.32 Å². The number of nitrogens with zero attached hydrogens (tertiary/aromatic N) is 1. The zero-order valence-electron chi connectivity index (χ0n) is 8.70. The summed E-state index contributed by atoms with van der Waals surface area (Å²) in [6.45, 7) is 1.75. The summed E-state index contributed by atoms with van der Waals surface area (Å²) < 4.78 is 0.781. The van der Waals surface area contributed by atoms with Crippen LogP contribution >= 0.6 is 15.9 Å². The topological polar surface area (TPSA) is 87.7 Å². The Hall–Kier alpha value is -1.56. The number of nitrogens with two attached hydrogens (primary N) is 1. The van der Waals surface area contributed by atoms with E-state index in [0.29, 0.717) is 17.7 Å². The molecule has 0 saturated heterocycles. The minimum atomic E-state index is -0.130. The molecule has 1 rings (SSSR count). The molecule has 1 aromatic rings. The number of carbonyl (C=O) groups excluding carboxylic acids is 1. The first-order chi connectivity index (χ1) is 7.58. The molecular weight excluding hydrogens is 274 g/mol. The van der Waals surface area contributed by atoms with E-state index >= 15 is 0 Å². The Morgan fingerprint density at radius 1 is 1.62 bits per heavy atom. The standard InChI is InChI=1S/C10H12BrN3O2/c1-2-9(15)13-8-4-3-6(11)5-7(8)10(12)14-16/h3-5,16H,2H2,1H3,(H2,12,14)(H,13,15). The lowest BCUT2D eigenvalue weighted by Gasteiger charge is -2.09. The second kappa shape index (κ2) is 5.50. The lowest BCUT2D eigenvalue weighted by Crippen LogP contribution is -2.18. The van der Waals surface area contributed by atoms with Crippen molar-refractivity contribution in [3.63, 3.8) is 0 Å². The zero-order valence-corrected chi connectivity index (χ0v) is 10.3. The third-order valence-electron chi connectivity index (χ3n) is 1.96. The van der Waals surface area contributed by atoms with Gasteiger partial charge in [-0.05, 0) is 18.2 Å². The predicted molar refractivity (Wildman–Crippen MR) is 65.6 cm³/mol. The third-order valence-corrected chi connectivity index (χ3v) is 2.45. The van der Waals surface area contributed by atoms with Gasteiger partial charge < -0.3 is 16.3 Å². The molecule has 0 aromatic heterocycles. The van der Waals surface area contributed by atoms with Crippen LogP contribution in [0.5, 0.6) is 0 Å². The third kappa shape index (κ3) is 2.96. The van der Waals surface area contributed by atoms with Crippen molar-refractivity contribution in [2.24, 2.45) is 10.9 Å². The van der Waals surface area contributed by atoms with Gasteiger partial charge in [-0.2, -0.15) is 0 Å². The van der Waals surface area contributed by atoms with Crippen molar-refractivity contribution < 1.29 is 10.0 Å². The molecule has 6 heteroatoms. The minimum Gasteiger partial charge on any atom is -0.409 e. The predicted octanol–water partition coefficient (Wildman–Crippen LogP) is 1.89. The summed E-state index contributed by atoms with van der Waals surface area (Å²) in [5.41, 5.74) is 6.50. The van der Waals surface area contributed by atoms with E-state index in [2.05, 4.69) is 26.4 Å². The Morgan fingerprint density at radius 3 is 2.88 bits per heavy atom. The molecule has 0 saturated carbocycles. The number of hydrogen-bond donors (Lipinski definition) is 3. The van der Waals surface area contributed by atoms with Crippen LogP contribution < -0.4 is 11.1 Å². The molecule has 0 radical (unpaired) electrons. The maximum Gasteiger partial charge on any atom is 0.224 e. The fourth-order valence-corrected chi connectivity index (χ4v) is 1.49. The maximum absolute atomic E-state index is 11.3. The molecule has 1 aromatic carbocycles. The molecule has 1 amide bonds. The minimum absolute atomic E-state index is 0.0484. The maximum atomic E-state index is 11.3. The van der Waals surface area contributed by atoms with Crippen LogP contribution in [0.2, 0.25) is 0 Å². The van der Waals surface area contributed by atoms with Gasteiger partial charge >= 0.3 is 0 Å². The number of oxime groups is 1. The molecule has 0 aliphatic rings. The van der Waals surface area contributed by atoms with Crippen LogP contribution in [0, 0.1) is 0 Å². The molecule has 0 spiro atoms. The molecule has 0 heterocycles.